The van der Waals surface area contributed by atoms with Gasteiger partial charge in [-0.25, -0.2) is 0 Å². The molecule has 0 aromatic rings. The van der Waals surface area contributed by atoms with E-state index < -0.39 is 0 Å². The lowest BCUT2D eigenvalue weighted by Gasteiger charge is -2.28. The molecule has 0 aromatic heterocycles. The molecule has 0 bridgehead atoms. The molecule has 0 aromatic carbocycles. The van der Waals surface area contributed by atoms with Gasteiger partial charge in [0.25, 0.3) is 0 Å². The summed E-state index contributed by atoms with van der Waals surface area (Å²) in [5, 5.41) is 3.67. The van der Waals surface area contributed by atoms with Gasteiger partial charge in [0.05, 0.1) is 0 Å². The molecule has 0 spiro atoms. The quantitative estimate of drug-likeness (QED) is 0.754. The van der Waals surface area contributed by atoms with Crippen molar-refractivity contribution in [3.63, 3.8) is 0 Å². The van der Waals surface area contributed by atoms with Gasteiger partial charge in [-0.3, -0.25) is 15.1 Å². The highest BCUT2D eigenvalue weighted by Gasteiger charge is 2.31. The minimum absolute atomic E-state index is 0. The fourth-order valence-electron chi connectivity index (χ4n) is 1.73. The molecule has 1 aliphatic heterocycles. The van der Waals surface area contributed by atoms with Crippen molar-refractivity contribution in [3.05, 3.63) is 0 Å². The van der Waals surface area contributed by atoms with Gasteiger partial charge >= 0.3 is 0 Å². The van der Waals surface area contributed by atoms with Crippen molar-refractivity contribution in [1.82, 2.24) is 15.1 Å². The predicted molar refractivity (Wildman–Crippen MR) is 79.0 cm³/mol. The first-order chi connectivity index (χ1) is 7.26. The van der Waals surface area contributed by atoms with E-state index in [0.717, 1.165) is 26.2 Å². The third-order valence-corrected chi connectivity index (χ3v) is 5.58. The molecule has 6 heteroatoms. The van der Waals surface area contributed by atoms with Gasteiger partial charge < -0.3 is 0 Å². The smallest absolute Gasteiger partial charge is 0.120 e. The van der Waals surface area contributed by atoms with Gasteiger partial charge in [0.2, 0.25) is 0 Å². The maximum atomic E-state index is 3.67. The lowest BCUT2D eigenvalue weighted by molar-refractivity contribution is 0.192. The highest BCUT2D eigenvalue weighted by molar-refractivity contribution is 8.77. The van der Waals surface area contributed by atoms with Crippen LogP contribution in [0.1, 0.15) is 27.7 Å². The fourth-order valence-corrected chi connectivity index (χ4v) is 4.93. The van der Waals surface area contributed by atoms with Crippen LogP contribution < -0.4 is 5.32 Å². The summed E-state index contributed by atoms with van der Waals surface area (Å²) in [7, 11) is 3.91. The second kappa shape index (κ2) is 8.89. The molecule has 1 aliphatic rings. The van der Waals surface area contributed by atoms with Gasteiger partial charge in [-0.15, -0.1) is 12.4 Å². The van der Waals surface area contributed by atoms with Crippen molar-refractivity contribution >= 4 is 34.0 Å². The molecule has 1 rings (SSSR count). The molecule has 1 N–H and O–H groups in total. The van der Waals surface area contributed by atoms with E-state index in [1.54, 1.807) is 0 Å². The summed E-state index contributed by atoms with van der Waals surface area (Å²) in [5.74, 6) is 0. The van der Waals surface area contributed by atoms with Gasteiger partial charge in [-0.1, -0.05) is 49.3 Å². The van der Waals surface area contributed by atoms with Crippen LogP contribution in [0.4, 0.5) is 0 Å². The summed E-state index contributed by atoms with van der Waals surface area (Å²) >= 11 is 0. The number of halogens is 1. The Labute approximate surface area is 114 Å². The van der Waals surface area contributed by atoms with E-state index >= 15 is 0 Å². The van der Waals surface area contributed by atoms with Crippen molar-refractivity contribution in [2.24, 2.45) is 0 Å². The van der Waals surface area contributed by atoms with Crippen LogP contribution in [0.2, 0.25) is 0 Å². The Bertz CT molecular complexity index is 159. The summed E-state index contributed by atoms with van der Waals surface area (Å²) in [6, 6.07) is 0. The zero-order chi connectivity index (χ0) is 11.3. The molecule has 0 saturated carbocycles. The third kappa shape index (κ3) is 4.27. The zero-order valence-electron chi connectivity index (χ0n) is 10.6. The Balaban J connectivity index is 0.00000225. The van der Waals surface area contributed by atoms with Crippen molar-refractivity contribution in [3.8, 4) is 0 Å². The highest BCUT2D eigenvalue weighted by atomic mass is 35.5. The van der Waals surface area contributed by atoms with E-state index in [1.807, 2.05) is 21.6 Å². The average molecular weight is 286 g/mol. The molecule has 0 radical (unpaired) electrons. The lowest BCUT2D eigenvalue weighted by atomic mass is 10.5. The van der Waals surface area contributed by atoms with Crippen molar-refractivity contribution in [2.45, 2.75) is 38.7 Å². The SMILES string of the molecule is CCN(CC)C1NC(N(CC)CC)SS1.Cl. The van der Waals surface area contributed by atoms with E-state index in [2.05, 4.69) is 42.8 Å². The van der Waals surface area contributed by atoms with Gasteiger partial charge in [-0.05, 0) is 26.2 Å². The zero-order valence-corrected chi connectivity index (χ0v) is 13.1. The minimum atomic E-state index is 0. The maximum absolute atomic E-state index is 3.67. The van der Waals surface area contributed by atoms with Crippen LogP contribution in [-0.4, -0.2) is 47.0 Å². The first kappa shape index (κ1) is 16.9. The highest BCUT2D eigenvalue weighted by Crippen LogP contribution is 2.38. The van der Waals surface area contributed by atoms with Crippen LogP contribution >= 0.6 is 34.0 Å². The Morgan fingerprint density at radius 1 is 0.812 bits per heavy atom. The van der Waals surface area contributed by atoms with Gasteiger partial charge in [0, 0.05) is 0 Å². The third-order valence-electron chi connectivity index (χ3n) is 2.81. The van der Waals surface area contributed by atoms with Crippen LogP contribution in [0, 0.1) is 0 Å². The van der Waals surface area contributed by atoms with Crippen LogP contribution in [0.25, 0.3) is 0 Å². The Hall–Kier alpha value is 0.870. The van der Waals surface area contributed by atoms with Crippen LogP contribution in [0.5, 0.6) is 0 Å². The maximum Gasteiger partial charge on any atom is 0.120 e. The standard InChI is InChI=1S/C10H23N3S2.ClH/c1-5-12(6-2)9-11-10(15-14-9)13(7-3)8-4;/h9-11H,5-8H2,1-4H3;1H. The monoisotopic (exact) mass is 285 g/mol. The van der Waals surface area contributed by atoms with E-state index in [9.17, 15) is 0 Å². The van der Waals surface area contributed by atoms with Gasteiger partial charge in [0.1, 0.15) is 11.0 Å². The second-order valence-corrected chi connectivity index (χ2v) is 5.94. The molecule has 1 fully saturated rings. The molecular formula is C10H24ClN3S2. The number of nitrogens with zero attached hydrogens (tertiary/aromatic N) is 2. The van der Waals surface area contributed by atoms with Crippen molar-refractivity contribution in [2.75, 3.05) is 26.2 Å². The molecular weight excluding hydrogens is 262 g/mol. The van der Waals surface area contributed by atoms with E-state index in [4.69, 9.17) is 0 Å². The molecule has 1 saturated heterocycles. The fraction of sp³-hybridized carbons (Fsp3) is 1.00. The predicted octanol–water partition coefficient (Wildman–Crippen LogP) is 2.64. The minimum Gasteiger partial charge on any atom is -0.279 e. The Morgan fingerprint density at radius 3 is 1.38 bits per heavy atom. The Morgan fingerprint density at radius 2 is 1.12 bits per heavy atom. The van der Waals surface area contributed by atoms with E-state index in [1.165, 1.54) is 0 Å². The van der Waals surface area contributed by atoms with E-state index in [-0.39, 0.29) is 12.4 Å². The van der Waals surface area contributed by atoms with Crippen molar-refractivity contribution in [1.29, 1.82) is 0 Å². The van der Waals surface area contributed by atoms with Crippen LogP contribution in [0.15, 0.2) is 0 Å². The summed E-state index contributed by atoms with van der Waals surface area (Å²) in [4.78, 5) is 4.92. The molecule has 2 atom stereocenters. The summed E-state index contributed by atoms with van der Waals surface area (Å²) in [6.45, 7) is 13.4. The second-order valence-electron chi connectivity index (χ2n) is 3.51. The van der Waals surface area contributed by atoms with Crippen LogP contribution in [-0.2, 0) is 0 Å². The van der Waals surface area contributed by atoms with Crippen LogP contribution in [0.3, 0.4) is 0 Å². The summed E-state index contributed by atoms with van der Waals surface area (Å²) in [5.41, 5.74) is 0.964. The topological polar surface area (TPSA) is 18.5 Å². The summed E-state index contributed by atoms with van der Waals surface area (Å²) < 4.78 is 0. The molecule has 0 aliphatic carbocycles. The van der Waals surface area contributed by atoms with Crippen molar-refractivity contribution < 1.29 is 0 Å². The average Bonchev–Trinajstić information content (AvgIpc) is 2.71. The Kier molecular flexibility index (Phi) is 9.37. The molecule has 2 unspecified atom stereocenters. The number of nitrogens with one attached hydrogen (secondary N) is 1. The molecule has 1 heterocycles. The first-order valence-electron chi connectivity index (χ1n) is 5.83. The number of hydrogen-bond donors (Lipinski definition) is 1. The molecule has 3 nitrogen and oxygen atoms in total. The number of hydrogen-bond acceptors (Lipinski definition) is 5. The molecule has 16 heavy (non-hydrogen) atoms. The lowest BCUT2D eigenvalue weighted by Crippen LogP contribution is -2.48. The largest absolute Gasteiger partial charge is 0.279 e. The molecule has 0 amide bonds. The molecule has 98 valence electrons. The number of rotatable bonds is 6. The van der Waals surface area contributed by atoms with Gasteiger partial charge in [-0.2, -0.15) is 0 Å². The van der Waals surface area contributed by atoms with Gasteiger partial charge in [0.15, 0.2) is 0 Å². The van der Waals surface area contributed by atoms with E-state index in [0.29, 0.717) is 11.0 Å². The summed E-state index contributed by atoms with van der Waals surface area (Å²) in [6.07, 6.45) is 0. The first-order valence-corrected chi connectivity index (χ1v) is 8.10. The normalized spacial score (nSPS) is 25.1.